The van der Waals surface area contributed by atoms with Gasteiger partial charge in [-0.2, -0.15) is 0 Å². The van der Waals surface area contributed by atoms with E-state index in [1.54, 1.807) is 0 Å². The summed E-state index contributed by atoms with van der Waals surface area (Å²) >= 11 is 11.6. The molecule has 1 rings (SSSR count). The zero-order chi connectivity index (χ0) is 10.6. The van der Waals surface area contributed by atoms with Crippen molar-refractivity contribution in [3.8, 4) is 5.75 Å². The second kappa shape index (κ2) is 5.20. The maximum atomic E-state index is 10.6. The van der Waals surface area contributed by atoms with Gasteiger partial charge in [0.2, 0.25) is 0 Å². The van der Waals surface area contributed by atoms with Crippen molar-refractivity contribution in [2.75, 3.05) is 13.9 Å². The smallest absolute Gasteiger partial charge is 0.188 e. The van der Waals surface area contributed by atoms with Gasteiger partial charge in [-0.25, -0.2) is 0 Å². The summed E-state index contributed by atoms with van der Waals surface area (Å²) in [6, 6.07) is 3.07. The number of hydrogen-bond donors (Lipinski definition) is 0. The monoisotopic (exact) mass is 234 g/mol. The van der Waals surface area contributed by atoms with Gasteiger partial charge in [0.1, 0.15) is 5.02 Å². The molecule has 0 fully saturated rings. The normalized spacial score (nSPS) is 9.93. The minimum Gasteiger partial charge on any atom is -0.465 e. The highest BCUT2D eigenvalue weighted by molar-refractivity contribution is 6.43. The lowest BCUT2D eigenvalue weighted by molar-refractivity contribution is 0.0506. The van der Waals surface area contributed by atoms with E-state index in [2.05, 4.69) is 0 Å². The molecule has 0 saturated carbocycles. The van der Waals surface area contributed by atoms with Crippen LogP contribution in [0.4, 0.5) is 0 Å². The third-order valence-corrected chi connectivity index (χ3v) is 2.32. The van der Waals surface area contributed by atoms with E-state index in [0.717, 1.165) is 0 Å². The molecule has 0 heterocycles. The van der Waals surface area contributed by atoms with Gasteiger partial charge in [0.05, 0.1) is 10.6 Å². The zero-order valence-electron chi connectivity index (χ0n) is 7.42. The predicted molar refractivity (Wildman–Crippen MR) is 54.4 cm³/mol. The molecule has 0 bridgehead atoms. The van der Waals surface area contributed by atoms with E-state index in [4.69, 9.17) is 32.7 Å². The van der Waals surface area contributed by atoms with Crippen LogP contribution in [0.1, 0.15) is 10.4 Å². The van der Waals surface area contributed by atoms with Crippen LogP contribution in [0.2, 0.25) is 10.0 Å². The highest BCUT2D eigenvalue weighted by Gasteiger charge is 2.11. The number of benzene rings is 1. The summed E-state index contributed by atoms with van der Waals surface area (Å²) in [5.41, 5.74) is 0.344. The van der Waals surface area contributed by atoms with E-state index in [1.165, 1.54) is 19.2 Å². The number of ether oxygens (including phenoxy) is 2. The molecule has 0 spiro atoms. The first-order valence-corrected chi connectivity index (χ1v) is 4.51. The Morgan fingerprint density at radius 1 is 1.43 bits per heavy atom. The molecule has 0 saturated heterocycles. The fourth-order valence-electron chi connectivity index (χ4n) is 0.904. The highest BCUT2D eigenvalue weighted by Crippen LogP contribution is 2.34. The summed E-state index contributed by atoms with van der Waals surface area (Å²) in [5, 5.41) is 0.552. The molecule has 0 aromatic heterocycles. The van der Waals surface area contributed by atoms with Crippen LogP contribution >= 0.6 is 23.2 Å². The summed E-state index contributed by atoms with van der Waals surface area (Å²) in [7, 11) is 1.47. The summed E-state index contributed by atoms with van der Waals surface area (Å²) in [6.45, 7) is 0.0148. The first kappa shape index (κ1) is 11.3. The first-order chi connectivity index (χ1) is 6.70. The lowest BCUT2D eigenvalue weighted by atomic mass is 10.2. The molecule has 5 heteroatoms. The molecule has 0 aliphatic rings. The summed E-state index contributed by atoms with van der Waals surface area (Å²) in [5.74, 6) is 0.246. The average molecular weight is 235 g/mol. The molecule has 0 atom stereocenters. The van der Waals surface area contributed by atoms with E-state index in [-0.39, 0.29) is 17.6 Å². The van der Waals surface area contributed by atoms with E-state index < -0.39 is 0 Å². The van der Waals surface area contributed by atoms with Crippen molar-refractivity contribution >= 4 is 29.5 Å². The maximum absolute atomic E-state index is 10.6. The van der Waals surface area contributed by atoms with Gasteiger partial charge < -0.3 is 9.47 Å². The molecular weight excluding hydrogens is 227 g/mol. The fourth-order valence-corrected chi connectivity index (χ4v) is 1.28. The fraction of sp³-hybridized carbons (Fsp3) is 0.222. The molecule has 1 aromatic rings. The Morgan fingerprint density at radius 2 is 2.14 bits per heavy atom. The van der Waals surface area contributed by atoms with Gasteiger partial charge in [-0.15, -0.1) is 0 Å². The van der Waals surface area contributed by atoms with Crippen molar-refractivity contribution in [2.45, 2.75) is 0 Å². The number of carbonyl (C=O) groups excluding carboxylic acids is 1. The van der Waals surface area contributed by atoms with Crippen LogP contribution in [-0.2, 0) is 4.74 Å². The molecular formula is C9H8Cl2O3. The Labute approximate surface area is 91.5 Å². The molecule has 0 N–H and O–H groups in total. The van der Waals surface area contributed by atoms with Crippen molar-refractivity contribution in [3.05, 3.63) is 27.7 Å². The second-order valence-electron chi connectivity index (χ2n) is 2.45. The van der Waals surface area contributed by atoms with Crippen molar-refractivity contribution in [1.82, 2.24) is 0 Å². The van der Waals surface area contributed by atoms with Gasteiger partial charge >= 0.3 is 0 Å². The minimum absolute atomic E-state index is 0.0148. The Hall–Kier alpha value is -0.770. The van der Waals surface area contributed by atoms with Gasteiger partial charge in [-0.3, -0.25) is 4.79 Å². The van der Waals surface area contributed by atoms with Crippen LogP contribution in [0.3, 0.4) is 0 Å². The van der Waals surface area contributed by atoms with Gasteiger partial charge in [0.15, 0.2) is 18.8 Å². The van der Waals surface area contributed by atoms with Crippen molar-refractivity contribution in [1.29, 1.82) is 0 Å². The van der Waals surface area contributed by atoms with Crippen molar-refractivity contribution in [3.63, 3.8) is 0 Å². The zero-order valence-corrected chi connectivity index (χ0v) is 8.93. The summed E-state index contributed by atoms with van der Waals surface area (Å²) in [4.78, 5) is 10.6. The summed E-state index contributed by atoms with van der Waals surface area (Å²) < 4.78 is 9.82. The Balaban J connectivity index is 3.07. The molecule has 0 amide bonds. The lowest BCUT2D eigenvalue weighted by Crippen LogP contribution is -2.02. The Kier molecular flexibility index (Phi) is 4.20. The largest absolute Gasteiger partial charge is 0.465 e. The quantitative estimate of drug-likeness (QED) is 0.594. The first-order valence-electron chi connectivity index (χ1n) is 3.75. The van der Waals surface area contributed by atoms with Crippen LogP contribution < -0.4 is 4.74 Å². The highest BCUT2D eigenvalue weighted by atomic mass is 35.5. The topological polar surface area (TPSA) is 35.5 Å². The number of rotatable bonds is 4. The Morgan fingerprint density at radius 3 is 2.71 bits per heavy atom. The standard InChI is InChI=1S/C9H8Cl2O3/c1-13-5-14-9-6(4-12)2-3-7(10)8(9)11/h2-4H,5H2,1H3. The molecule has 0 unspecified atom stereocenters. The minimum atomic E-state index is 0.0148. The predicted octanol–water partition coefficient (Wildman–Crippen LogP) is 2.79. The molecule has 0 aliphatic heterocycles. The maximum Gasteiger partial charge on any atom is 0.188 e. The molecule has 0 aliphatic carbocycles. The number of halogens is 2. The van der Waals surface area contributed by atoms with E-state index >= 15 is 0 Å². The third-order valence-electron chi connectivity index (χ3n) is 1.53. The van der Waals surface area contributed by atoms with Gasteiger partial charge in [0.25, 0.3) is 0 Å². The molecule has 76 valence electrons. The van der Waals surface area contributed by atoms with E-state index in [1.807, 2.05) is 0 Å². The van der Waals surface area contributed by atoms with Crippen LogP contribution in [-0.4, -0.2) is 20.2 Å². The van der Waals surface area contributed by atoms with Gasteiger partial charge in [-0.1, -0.05) is 23.2 Å². The van der Waals surface area contributed by atoms with Crippen LogP contribution in [0, 0.1) is 0 Å². The average Bonchev–Trinajstić information content (AvgIpc) is 2.20. The number of aldehydes is 1. The van der Waals surface area contributed by atoms with Gasteiger partial charge in [0, 0.05) is 7.11 Å². The van der Waals surface area contributed by atoms with Crippen molar-refractivity contribution < 1.29 is 14.3 Å². The number of carbonyl (C=O) groups is 1. The van der Waals surface area contributed by atoms with E-state index in [9.17, 15) is 4.79 Å². The molecule has 3 nitrogen and oxygen atoms in total. The van der Waals surface area contributed by atoms with Crippen LogP contribution in [0.15, 0.2) is 12.1 Å². The third kappa shape index (κ3) is 2.38. The van der Waals surface area contributed by atoms with Gasteiger partial charge in [-0.05, 0) is 12.1 Å². The molecule has 0 radical (unpaired) electrons. The van der Waals surface area contributed by atoms with E-state index in [0.29, 0.717) is 16.9 Å². The molecule has 14 heavy (non-hydrogen) atoms. The van der Waals surface area contributed by atoms with Crippen molar-refractivity contribution in [2.24, 2.45) is 0 Å². The number of methoxy groups -OCH3 is 1. The SMILES string of the molecule is COCOc1c(C=O)ccc(Cl)c1Cl. The van der Waals surface area contributed by atoms with Crippen LogP contribution in [0.25, 0.3) is 0 Å². The molecule has 1 aromatic carbocycles. The van der Waals surface area contributed by atoms with Crippen LogP contribution in [0.5, 0.6) is 5.75 Å². The summed E-state index contributed by atoms with van der Waals surface area (Å²) in [6.07, 6.45) is 0.646. The number of hydrogen-bond acceptors (Lipinski definition) is 3. The lowest BCUT2D eigenvalue weighted by Gasteiger charge is -2.09. The second-order valence-corrected chi connectivity index (χ2v) is 3.23. The Bertz CT molecular complexity index is 339.